The van der Waals surface area contributed by atoms with Crippen molar-refractivity contribution in [2.45, 2.75) is 4.90 Å². The summed E-state index contributed by atoms with van der Waals surface area (Å²) in [6, 6.07) is 3.36. The van der Waals surface area contributed by atoms with Crippen LogP contribution in [-0.4, -0.2) is 69.5 Å². The minimum absolute atomic E-state index is 0. The number of hydrogen-bond acceptors (Lipinski definition) is 3. The molecule has 2 N–H and O–H groups in total. The molecule has 0 amide bonds. The normalized spacial score (nSPS) is 10.6. The molecule has 0 fully saturated rings. The Labute approximate surface area is 123 Å². The average molecular weight is 248 g/mol. The Morgan fingerprint density at radius 2 is 1.85 bits per heavy atom. The predicted molar refractivity (Wildman–Crippen MR) is 48.7 cm³/mol. The van der Waals surface area contributed by atoms with Crippen molar-refractivity contribution in [2.24, 2.45) is 0 Å². The minimum Gasteiger partial charge on any atom is -0.506 e. The van der Waals surface area contributed by atoms with E-state index >= 15 is 0 Å². The van der Waals surface area contributed by atoms with Crippen molar-refractivity contribution in [1.29, 1.82) is 0 Å². The van der Waals surface area contributed by atoms with E-state index in [9.17, 15) is 8.42 Å². The maximum absolute atomic E-state index is 10.5. The Kier molecular flexibility index (Phi) is 5.42. The zero-order valence-electron chi connectivity index (χ0n) is 6.73. The number of rotatable bonds is 1. The van der Waals surface area contributed by atoms with Gasteiger partial charge in [0.1, 0.15) is 10.6 Å². The molecule has 0 spiro atoms. The fourth-order valence-electron chi connectivity index (χ4n) is 0.695. The maximum Gasteiger partial charge on any atom is 0.298 e. The summed E-state index contributed by atoms with van der Waals surface area (Å²) in [6.45, 7) is 0. The first-order valence-corrected chi connectivity index (χ1v) is 4.69. The van der Waals surface area contributed by atoms with Crippen LogP contribution >= 0.6 is 11.6 Å². The van der Waals surface area contributed by atoms with Crippen LogP contribution < -0.4 is 0 Å². The standard InChI is InChI=1S/C6H5ClO4S.K/c7-4-1-2-5(8)6(3-4)12(9,10)11;/h1-3,8H,(H,9,10,11);. The zero-order valence-corrected chi connectivity index (χ0v) is 11.4. The molecular formula is C6H5ClKO4S. The van der Waals surface area contributed by atoms with E-state index in [0.717, 1.165) is 12.1 Å². The van der Waals surface area contributed by atoms with Gasteiger partial charge < -0.3 is 5.11 Å². The molecule has 4 nitrogen and oxygen atoms in total. The molecule has 1 rings (SSSR count). The fraction of sp³-hybridized carbons (Fsp3) is 0. The monoisotopic (exact) mass is 247 g/mol. The van der Waals surface area contributed by atoms with Gasteiger partial charge in [-0.25, -0.2) is 0 Å². The molecule has 1 radical (unpaired) electrons. The summed E-state index contributed by atoms with van der Waals surface area (Å²) >= 11 is 5.44. The van der Waals surface area contributed by atoms with Crippen molar-refractivity contribution in [2.75, 3.05) is 0 Å². The van der Waals surface area contributed by atoms with Crippen LogP contribution in [0, 0.1) is 0 Å². The van der Waals surface area contributed by atoms with Gasteiger partial charge >= 0.3 is 0 Å². The Morgan fingerprint density at radius 3 is 2.23 bits per heavy atom. The van der Waals surface area contributed by atoms with E-state index < -0.39 is 20.8 Å². The van der Waals surface area contributed by atoms with E-state index in [1.807, 2.05) is 0 Å². The maximum atomic E-state index is 10.5. The van der Waals surface area contributed by atoms with Crippen molar-refractivity contribution in [1.82, 2.24) is 0 Å². The van der Waals surface area contributed by atoms with E-state index in [-0.39, 0.29) is 56.4 Å². The first-order valence-electron chi connectivity index (χ1n) is 2.87. The Balaban J connectivity index is 0.00000144. The summed E-state index contributed by atoms with van der Waals surface area (Å²) in [4.78, 5) is -0.588. The molecule has 0 saturated heterocycles. The van der Waals surface area contributed by atoms with Gasteiger partial charge in [-0.05, 0) is 18.2 Å². The van der Waals surface area contributed by atoms with Crippen molar-refractivity contribution < 1.29 is 18.1 Å². The third kappa shape index (κ3) is 3.84. The summed E-state index contributed by atoms with van der Waals surface area (Å²) in [5, 5.41) is 9.10. The Bertz CT molecular complexity index is 403. The molecule has 0 aromatic heterocycles. The Morgan fingerprint density at radius 1 is 1.31 bits per heavy atom. The van der Waals surface area contributed by atoms with E-state index in [2.05, 4.69) is 0 Å². The molecule has 0 atom stereocenters. The number of phenols is 1. The second-order valence-corrected chi connectivity index (χ2v) is 3.91. The molecule has 1 aromatic rings. The van der Waals surface area contributed by atoms with Crippen LogP contribution in [0.2, 0.25) is 5.02 Å². The molecule has 67 valence electrons. The van der Waals surface area contributed by atoms with E-state index in [1.54, 1.807) is 0 Å². The fourth-order valence-corrected chi connectivity index (χ4v) is 1.54. The van der Waals surface area contributed by atoms with Crippen LogP contribution in [0.5, 0.6) is 5.75 Å². The van der Waals surface area contributed by atoms with Crippen LogP contribution in [0.4, 0.5) is 0 Å². The summed E-state index contributed by atoms with van der Waals surface area (Å²) in [5.74, 6) is -0.526. The molecule has 0 unspecified atom stereocenters. The largest absolute Gasteiger partial charge is 0.506 e. The molecule has 1 aromatic carbocycles. The number of phenolic OH excluding ortho intramolecular Hbond substituents is 1. The molecular weight excluding hydrogens is 243 g/mol. The van der Waals surface area contributed by atoms with Gasteiger partial charge in [0.05, 0.1) is 0 Å². The average Bonchev–Trinajstić information content (AvgIpc) is 1.92. The first-order chi connectivity index (χ1) is 5.41. The number of aromatic hydroxyl groups is 1. The Hall–Kier alpha value is 0.856. The summed E-state index contributed by atoms with van der Waals surface area (Å²) < 4.78 is 29.6. The van der Waals surface area contributed by atoms with Gasteiger partial charge in [-0.15, -0.1) is 0 Å². The number of benzene rings is 1. The van der Waals surface area contributed by atoms with E-state index in [4.69, 9.17) is 21.3 Å². The zero-order chi connectivity index (χ0) is 9.35. The van der Waals surface area contributed by atoms with Gasteiger partial charge in [0, 0.05) is 56.4 Å². The molecule has 7 heteroatoms. The SMILES string of the molecule is O=S(=O)(O)c1cc(Cl)ccc1O.[K]. The van der Waals surface area contributed by atoms with Gasteiger partial charge in [0.25, 0.3) is 10.1 Å². The van der Waals surface area contributed by atoms with Crippen LogP contribution in [0.25, 0.3) is 0 Å². The molecule has 0 aliphatic heterocycles. The number of halogens is 1. The van der Waals surface area contributed by atoms with Crippen LogP contribution in [0.3, 0.4) is 0 Å². The van der Waals surface area contributed by atoms with E-state index in [0.29, 0.717) is 0 Å². The van der Waals surface area contributed by atoms with Gasteiger partial charge in [-0.3, -0.25) is 4.55 Å². The van der Waals surface area contributed by atoms with Crippen molar-refractivity contribution in [3.05, 3.63) is 23.2 Å². The van der Waals surface area contributed by atoms with Gasteiger partial charge in [-0.2, -0.15) is 8.42 Å². The second-order valence-electron chi connectivity index (χ2n) is 2.09. The van der Waals surface area contributed by atoms with Crippen LogP contribution in [-0.2, 0) is 10.1 Å². The summed E-state index contributed by atoms with van der Waals surface area (Å²) in [6.07, 6.45) is 0. The third-order valence-electron chi connectivity index (χ3n) is 1.20. The minimum atomic E-state index is -4.39. The molecule has 0 heterocycles. The number of hydrogen-bond donors (Lipinski definition) is 2. The smallest absolute Gasteiger partial charge is 0.298 e. The van der Waals surface area contributed by atoms with Crippen molar-refractivity contribution >= 4 is 73.1 Å². The van der Waals surface area contributed by atoms with Gasteiger partial charge in [0.2, 0.25) is 0 Å². The topological polar surface area (TPSA) is 74.6 Å². The second kappa shape index (κ2) is 5.08. The third-order valence-corrected chi connectivity index (χ3v) is 2.32. The van der Waals surface area contributed by atoms with Crippen LogP contribution in [0.15, 0.2) is 23.1 Å². The van der Waals surface area contributed by atoms with Crippen LogP contribution in [0.1, 0.15) is 0 Å². The van der Waals surface area contributed by atoms with Gasteiger partial charge in [-0.1, -0.05) is 11.6 Å². The molecule has 0 aliphatic rings. The quantitative estimate of drug-likeness (QED) is 0.572. The molecule has 0 saturated carbocycles. The van der Waals surface area contributed by atoms with E-state index in [1.165, 1.54) is 6.07 Å². The molecule has 0 bridgehead atoms. The van der Waals surface area contributed by atoms with Crippen molar-refractivity contribution in [3.63, 3.8) is 0 Å². The van der Waals surface area contributed by atoms with Gasteiger partial charge in [0.15, 0.2) is 0 Å². The first kappa shape index (κ1) is 13.9. The predicted octanol–water partition coefficient (Wildman–Crippen LogP) is 0.911. The molecule has 0 aliphatic carbocycles. The molecule has 13 heavy (non-hydrogen) atoms. The summed E-state index contributed by atoms with van der Waals surface area (Å²) in [5.41, 5.74) is 0. The van der Waals surface area contributed by atoms with Crippen molar-refractivity contribution in [3.8, 4) is 5.75 Å². The summed E-state index contributed by atoms with van der Waals surface area (Å²) in [7, 11) is -4.39.